The number of rotatable bonds is 10. The van der Waals surface area contributed by atoms with Crippen LogP contribution < -0.4 is 15.6 Å². The number of alkyl halides is 1. The summed E-state index contributed by atoms with van der Waals surface area (Å²) in [5.41, 5.74) is 3.77. The molecule has 4 N–H and O–H groups in total. The highest BCUT2D eigenvalue weighted by molar-refractivity contribution is 7.83. The zero-order chi connectivity index (χ0) is 26.1. The van der Waals surface area contributed by atoms with E-state index in [4.69, 9.17) is 35.7 Å². The fraction of sp³-hybridized carbons (Fsp3) is 0.684. The molecule has 13 nitrogen and oxygen atoms in total. The van der Waals surface area contributed by atoms with E-state index in [1.165, 1.54) is 17.8 Å². The lowest BCUT2D eigenvalue weighted by Gasteiger charge is -2.24. The Morgan fingerprint density at radius 3 is 2.77 bits per heavy atom. The van der Waals surface area contributed by atoms with E-state index >= 15 is 4.39 Å². The number of nitrogen functional groups attached to an aromatic ring is 1. The van der Waals surface area contributed by atoms with Gasteiger partial charge in [0.15, 0.2) is 23.1 Å². The van der Waals surface area contributed by atoms with Crippen LogP contribution in [0.5, 0.6) is 5.88 Å². The van der Waals surface area contributed by atoms with Crippen LogP contribution in [0, 0.1) is 0 Å². The Morgan fingerprint density at radius 2 is 2.14 bits per heavy atom. The molecule has 1 fully saturated rings. The lowest BCUT2D eigenvalue weighted by atomic mass is 9.98. The van der Waals surface area contributed by atoms with Gasteiger partial charge in [0.1, 0.15) is 18.2 Å². The highest BCUT2D eigenvalue weighted by atomic mass is 35.7. The van der Waals surface area contributed by atoms with Crippen LogP contribution in [0.15, 0.2) is 6.33 Å². The van der Waals surface area contributed by atoms with Crippen molar-refractivity contribution in [1.29, 1.82) is 0 Å². The number of nitrogens with zero attached hydrogens (tertiary/aromatic N) is 4. The average molecular weight is 539 g/mol. The van der Waals surface area contributed by atoms with E-state index in [-0.39, 0.29) is 35.7 Å². The number of aliphatic hydroxyl groups excluding tert-OH is 1. The van der Waals surface area contributed by atoms with Gasteiger partial charge in [0.2, 0.25) is 11.8 Å². The van der Waals surface area contributed by atoms with E-state index in [2.05, 4.69) is 20.0 Å². The number of hydrogen-bond donors (Lipinski definition) is 3. The molecule has 2 aromatic rings. The average Bonchev–Trinajstić information content (AvgIpc) is 3.24. The molecule has 2 aromatic heterocycles. The summed E-state index contributed by atoms with van der Waals surface area (Å²) in [6.07, 6.45) is -3.49. The summed E-state index contributed by atoms with van der Waals surface area (Å²) >= 11 is 5.91. The summed E-state index contributed by atoms with van der Waals surface area (Å²) in [6.45, 7) is 3.26. The Kier molecular flexibility index (Phi) is 8.24. The minimum Gasteiger partial charge on any atom is -0.476 e. The lowest BCUT2D eigenvalue weighted by molar-refractivity contribution is -0.149. The Morgan fingerprint density at radius 1 is 1.46 bits per heavy atom. The van der Waals surface area contributed by atoms with Crippen molar-refractivity contribution < 1.29 is 37.6 Å². The number of fused-ring (bicyclic) bond motifs is 1. The molecule has 0 bridgehead atoms. The van der Waals surface area contributed by atoms with Crippen LogP contribution in [0.2, 0.25) is 0 Å². The molecule has 0 aliphatic carbocycles. The minimum atomic E-state index is -4.07. The highest BCUT2D eigenvalue weighted by Crippen LogP contribution is 2.50. The third-order valence-electron chi connectivity index (χ3n) is 5.12. The summed E-state index contributed by atoms with van der Waals surface area (Å²) in [7, 11) is 0. The number of nitrogens with two attached hydrogens (primary N) is 1. The second-order valence-corrected chi connectivity index (χ2v) is 11.2. The predicted molar refractivity (Wildman–Crippen MR) is 124 cm³/mol. The number of ether oxygens (including phenoxy) is 3. The van der Waals surface area contributed by atoms with Gasteiger partial charge in [-0.15, -0.1) is 0 Å². The van der Waals surface area contributed by atoms with Gasteiger partial charge in [-0.1, -0.05) is 0 Å². The van der Waals surface area contributed by atoms with Gasteiger partial charge >= 0.3 is 12.8 Å². The first kappa shape index (κ1) is 27.5. The predicted octanol–water partition coefficient (Wildman–Crippen LogP) is 2.09. The number of aliphatic hydroxyl groups is 1. The molecule has 0 amide bonds. The number of imidazole rings is 1. The number of carbonyl (C=O) groups excluding carboxylic acids is 1. The Labute approximate surface area is 205 Å². The molecular formula is C19H29ClFN6O7P. The van der Waals surface area contributed by atoms with Crippen LogP contribution in [0.3, 0.4) is 0 Å². The molecule has 35 heavy (non-hydrogen) atoms. The molecule has 0 saturated carbocycles. The van der Waals surface area contributed by atoms with Gasteiger partial charge in [-0.05, 0) is 45.9 Å². The van der Waals surface area contributed by atoms with E-state index in [1.54, 1.807) is 20.8 Å². The van der Waals surface area contributed by atoms with E-state index in [0.29, 0.717) is 0 Å². The van der Waals surface area contributed by atoms with Gasteiger partial charge in [-0.3, -0.25) is 13.9 Å². The number of hydrogen-bond acceptors (Lipinski definition) is 11. The van der Waals surface area contributed by atoms with Crippen molar-refractivity contribution in [3.8, 4) is 5.88 Å². The van der Waals surface area contributed by atoms with E-state index in [9.17, 15) is 14.5 Å². The molecule has 0 aromatic carbocycles. The summed E-state index contributed by atoms with van der Waals surface area (Å²) in [5, 5.41) is 12.9. The van der Waals surface area contributed by atoms with Gasteiger partial charge < -0.3 is 29.6 Å². The van der Waals surface area contributed by atoms with Crippen LogP contribution >= 0.6 is 18.1 Å². The molecule has 1 saturated heterocycles. The van der Waals surface area contributed by atoms with Crippen molar-refractivity contribution in [2.75, 3.05) is 18.9 Å². The summed E-state index contributed by atoms with van der Waals surface area (Å²) in [5.74, 6) is -0.689. The Hall–Kier alpha value is -2.09. The monoisotopic (exact) mass is 538 g/mol. The van der Waals surface area contributed by atoms with Gasteiger partial charge in [0.05, 0.1) is 25.6 Å². The number of halogens is 2. The molecule has 196 valence electrons. The van der Waals surface area contributed by atoms with Crippen molar-refractivity contribution in [2.45, 2.75) is 70.9 Å². The molecule has 1 aliphatic heterocycles. The topological polar surface area (TPSA) is 173 Å². The second-order valence-electron chi connectivity index (χ2n) is 8.38. The van der Waals surface area contributed by atoms with Crippen LogP contribution in [0.1, 0.15) is 40.8 Å². The molecule has 0 spiro atoms. The first-order valence-corrected chi connectivity index (χ1v) is 13.4. The largest absolute Gasteiger partial charge is 0.476 e. The van der Waals surface area contributed by atoms with Gasteiger partial charge in [-0.2, -0.15) is 9.97 Å². The van der Waals surface area contributed by atoms with Gasteiger partial charge in [0, 0.05) is 0 Å². The maximum absolute atomic E-state index is 15.7. The normalized spacial score (nSPS) is 27.2. The maximum atomic E-state index is 15.7. The maximum Gasteiger partial charge on any atom is 0.361 e. The molecular weight excluding hydrogens is 510 g/mol. The third kappa shape index (κ3) is 6.01. The second kappa shape index (κ2) is 10.5. The van der Waals surface area contributed by atoms with Crippen molar-refractivity contribution in [2.24, 2.45) is 0 Å². The van der Waals surface area contributed by atoms with E-state index < -0.39 is 49.6 Å². The Balaban J connectivity index is 1.75. The van der Waals surface area contributed by atoms with Crippen LogP contribution in [-0.2, 0) is 23.4 Å². The number of anilines is 1. The van der Waals surface area contributed by atoms with Gasteiger partial charge in [-0.25, -0.2) is 14.5 Å². The van der Waals surface area contributed by atoms with E-state index in [0.717, 1.165) is 6.92 Å². The molecule has 2 unspecified atom stereocenters. The van der Waals surface area contributed by atoms with Crippen LogP contribution in [0.4, 0.5) is 10.3 Å². The first-order chi connectivity index (χ1) is 16.3. The quantitative estimate of drug-likeness (QED) is 0.297. The molecule has 6 atom stereocenters. The molecule has 0 radical (unpaired) electrons. The van der Waals surface area contributed by atoms with Crippen molar-refractivity contribution in [3.63, 3.8) is 0 Å². The zero-order valence-electron chi connectivity index (χ0n) is 19.8. The first-order valence-electron chi connectivity index (χ1n) is 10.8. The van der Waals surface area contributed by atoms with Crippen molar-refractivity contribution >= 4 is 41.2 Å². The highest BCUT2D eigenvalue weighted by Gasteiger charge is 2.56. The van der Waals surface area contributed by atoms with E-state index in [1.807, 2.05) is 0 Å². The molecule has 3 rings (SSSR count). The fourth-order valence-corrected chi connectivity index (χ4v) is 5.08. The van der Waals surface area contributed by atoms with Crippen molar-refractivity contribution in [3.05, 3.63) is 6.33 Å². The van der Waals surface area contributed by atoms with Crippen LogP contribution in [-0.4, -0.2) is 73.8 Å². The van der Waals surface area contributed by atoms with Crippen molar-refractivity contribution in [1.82, 2.24) is 24.6 Å². The molecule has 16 heteroatoms. The van der Waals surface area contributed by atoms with Crippen LogP contribution in [0.25, 0.3) is 11.2 Å². The lowest BCUT2D eigenvalue weighted by Crippen LogP contribution is -2.41. The Bertz CT molecular complexity index is 1120. The molecule has 3 heterocycles. The minimum absolute atomic E-state index is 0.118. The SMILES string of the molecule is CCOc1nc(N)nc2c1ncn2C1O[C@H](COP(=O)(Cl)N[C@@H](C)C(=O)OC(C)C)[C@@H](O)[C@@]1(C)F. The number of nitrogens with one attached hydrogen (secondary N) is 1. The number of carbonyl (C=O) groups is 1. The van der Waals surface area contributed by atoms with Gasteiger partial charge in [0.25, 0.3) is 0 Å². The number of esters is 1. The summed E-state index contributed by atoms with van der Waals surface area (Å²) in [6, 6.07) is -1.05. The summed E-state index contributed by atoms with van der Waals surface area (Å²) < 4.78 is 50.8. The number of aromatic nitrogens is 4. The smallest absolute Gasteiger partial charge is 0.361 e. The molecule has 1 aliphatic rings. The fourth-order valence-electron chi connectivity index (χ4n) is 3.49. The summed E-state index contributed by atoms with van der Waals surface area (Å²) in [4.78, 5) is 24.2. The standard InChI is InChI=1S/C19H29ClFN6O7P/c1-6-31-15-12-14(24-18(22)25-15)27(8-23-12)17-19(5,21)13(28)11(34-17)7-32-35(20,30)26-10(4)16(29)33-9(2)3/h8-11,13,17,28H,6-7H2,1-5H3,(H,26,30)(H2,22,24,25)/t10-,11+,13+,17?,19+,35?/m0/s1. The zero-order valence-corrected chi connectivity index (χ0v) is 21.5. The third-order valence-corrected chi connectivity index (χ3v) is 6.88.